The fraction of sp³-hybridized carbons (Fsp3) is 0.188. The van der Waals surface area contributed by atoms with Gasteiger partial charge in [0.15, 0.2) is 0 Å². The van der Waals surface area contributed by atoms with Crippen molar-refractivity contribution in [3.05, 3.63) is 58.6 Å². The number of halogens is 1. The zero-order valence-corrected chi connectivity index (χ0v) is 11.9. The van der Waals surface area contributed by atoms with Crippen molar-refractivity contribution in [3.63, 3.8) is 0 Å². The second-order valence-corrected chi connectivity index (χ2v) is 4.71. The minimum absolute atomic E-state index is 0.429. The number of nitrogens with one attached hydrogen (secondary N) is 1. The summed E-state index contributed by atoms with van der Waals surface area (Å²) in [4.78, 5) is 0. The standard InChI is InChI=1S/C16H15ClN2O/c1-20-16-4-2-3-15(17)14(16)11-19-13-7-5-12(6-8-13)9-10-18/h2-8,19H,9,11H2,1H3. The Morgan fingerprint density at radius 1 is 1.20 bits per heavy atom. The molecule has 0 aliphatic heterocycles. The molecule has 0 radical (unpaired) electrons. The molecule has 0 unspecified atom stereocenters. The molecule has 0 heterocycles. The first-order valence-corrected chi connectivity index (χ1v) is 6.63. The third-order valence-electron chi connectivity index (χ3n) is 3.00. The van der Waals surface area contributed by atoms with Crippen LogP contribution in [0, 0.1) is 11.3 Å². The summed E-state index contributed by atoms with van der Waals surface area (Å²) in [5.41, 5.74) is 2.92. The maximum absolute atomic E-state index is 8.64. The number of hydrogen-bond donors (Lipinski definition) is 1. The second kappa shape index (κ2) is 6.83. The molecule has 2 aromatic carbocycles. The lowest BCUT2D eigenvalue weighted by Gasteiger charge is -2.12. The maximum Gasteiger partial charge on any atom is 0.125 e. The van der Waals surface area contributed by atoms with Gasteiger partial charge in [0.05, 0.1) is 19.6 Å². The molecule has 0 aliphatic rings. The summed E-state index contributed by atoms with van der Waals surface area (Å²) >= 11 is 6.18. The van der Waals surface area contributed by atoms with Crippen LogP contribution in [0.3, 0.4) is 0 Å². The van der Waals surface area contributed by atoms with Gasteiger partial charge in [-0.3, -0.25) is 0 Å². The molecule has 0 amide bonds. The zero-order chi connectivity index (χ0) is 14.4. The van der Waals surface area contributed by atoms with Gasteiger partial charge in [-0.2, -0.15) is 5.26 Å². The van der Waals surface area contributed by atoms with Gasteiger partial charge >= 0.3 is 0 Å². The van der Waals surface area contributed by atoms with Crippen molar-refractivity contribution in [1.29, 1.82) is 5.26 Å². The van der Waals surface area contributed by atoms with Crippen molar-refractivity contribution in [1.82, 2.24) is 0 Å². The highest BCUT2D eigenvalue weighted by molar-refractivity contribution is 6.31. The third-order valence-corrected chi connectivity index (χ3v) is 3.36. The molecule has 0 saturated carbocycles. The van der Waals surface area contributed by atoms with Gasteiger partial charge in [0.1, 0.15) is 5.75 Å². The molecule has 0 bridgehead atoms. The van der Waals surface area contributed by atoms with E-state index in [1.807, 2.05) is 42.5 Å². The number of hydrogen-bond acceptors (Lipinski definition) is 3. The first kappa shape index (κ1) is 14.2. The Morgan fingerprint density at radius 2 is 1.95 bits per heavy atom. The van der Waals surface area contributed by atoms with Crippen molar-refractivity contribution in [2.45, 2.75) is 13.0 Å². The summed E-state index contributed by atoms with van der Waals surface area (Å²) in [6.07, 6.45) is 0.429. The smallest absolute Gasteiger partial charge is 0.125 e. The molecule has 102 valence electrons. The van der Waals surface area contributed by atoms with Crippen LogP contribution < -0.4 is 10.1 Å². The second-order valence-electron chi connectivity index (χ2n) is 4.31. The van der Waals surface area contributed by atoms with E-state index in [4.69, 9.17) is 21.6 Å². The Labute approximate surface area is 123 Å². The number of ether oxygens (including phenoxy) is 1. The molecule has 0 saturated heterocycles. The highest BCUT2D eigenvalue weighted by Gasteiger charge is 2.07. The molecule has 20 heavy (non-hydrogen) atoms. The van der Waals surface area contributed by atoms with Crippen molar-refractivity contribution in [3.8, 4) is 11.8 Å². The minimum Gasteiger partial charge on any atom is -0.496 e. The lowest BCUT2D eigenvalue weighted by atomic mass is 10.1. The number of nitrogens with zero attached hydrogens (tertiary/aromatic N) is 1. The number of anilines is 1. The molecule has 0 atom stereocenters. The van der Waals surface area contributed by atoms with Crippen LogP contribution in [0.1, 0.15) is 11.1 Å². The van der Waals surface area contributed by atoms with Crippen molar-refractivity contribution in [2.75, 3.05) is 12.4 Å². The third kappa shape index (κ3) is 3.43. The Hall–Kier alpha value is -2.18. The summed E-state index contributed by atoms with van der Waals surface area (Å²) < 4.78 is 5.31. The number of rotatable bonds is 5. The highest BCUT2D eigenvalue weighted by Crippen LogP contribution is 2.27. The normalized spacial score (nSPS) is 9.85. The number of nitriles is 1. The van der Waals surface area contributed by atoms with E-state index in [0.717, 1.165) is 22.6 Å². The Bertz CT molecular complexity index is 617. The van der Waals surface area contributed by atoms with Crippen LogP contribution in [0.25, 0.3) is 0 Å². The molecule has 2 aromatic rings. The van der Waals surface area contributed by atoms with E-state index in [2.05, 4.69) is 11.4 Å². The average Bonchev–Trinajstić information content (AvgIpc) is 2.47. The van der Waals surface area contributed by atoms with Crippen LogP contribution in [0.15, 0.2) is 42.5 Å². The predicted molar refractivity (Wildman–Crippen MR) is 81.1 cm³/mol. The van der Waals surface area contributed by atoms with Crippen molar-refractivity contribution >= 4 is 17.3 Å². The van der Waals surface area contributed by atoms with E-state index in [1.54, 1.807) is 7.11 Å². The van der Waals surface area contributed by atoms with E-state index in [-0.39, 0.29) is 0 Å². The van der Waals surface area contributed by atoms with Crippen molar-refractivity contribution < 1.29 is 4.74 Å². The van der Waals surface area contributed by atoms with Crippen molar-refractivity contribution in [2.24, 2.45) is 0 Å². The Kier molecular flexibility index (Phi) is 4.86. The molecule has 0 aromatic heterocycles. The van der Waals surface area contributed by atoms with Crippen LogP contribution in [0.5, 0.6) is 5.75 Å². The number of methoxy groups -OCH3 is 1. The summed E-state index contributed by atoms with van der Waals surface area (Å²) in [5.74, 6) is 0.770. The summed E-state index contributed by atoms with van der Waals surface area (Å²) in [7, 11) is 1.63. The molecule has 1 N–H and O–H groups in total. The fourth-order valence-corrected chi connectivity index (χ4v) is 2.16. The van der Waals surface area contributed by atoms with Gasteiger partial charge in [-0.1, -0.05) is 29.8 Å². The summed E-state index contributed by atoms with van der Waals surface area (Å²) in [6.45, 7) is 0.584. The first-order valence-electron chi connectivity index (χ1n) is 6.25. The molecule has 4 heteroatoms. The lowest BCUT2D eigenvalue weighted by molar-refractivity contribution is 0.410. The van der Waals surface area contributed by atoms with Crippen LogP contribution in [0.4, 0.5) is 5.69 Å². The van der Waals surface area contributed by atoms with Crippen LogP contribution in [-0.4, -0.2) is 7.11 Å². The van der Waals surface area contributed by atoms with Gasteiger partial charge in [-0.05, 0) is 29.8 Å². The summed E-state index contributed by atoms with van der Waals surface area (Å²) in [6, 6.07) is 15.5. The Morgan fingerprint density at radius 3 is 2.60 bits per heavy atom. The SMILES string of the molecule is COc1cccc(Cl)c1CNc1ccc(CC#N)cc1. The quantitative estimate of drug-likeness (QED) is 0.903. The fourth-order valence-electron chi connectivity index (χ4n) is 1.92. The maximum atomic E-state index is 8.64. The van der Waals surface area contributed by atoms with Crippen LogP contribution in [0.2, 0.25) is 5.02 Å². The molecule has 3 nitrogen and oxygen atoms in total. The topological polar surface area (TPSA) is 45.0 Å². The van der Waals surface area contributed by atoms with E-state index >= 15 is 0 Å². The highest BCUT2D eigenvalue weighted by atomic mass is 35.5. The summed E-state index contributed by atoms with van der Waals surface area (Å²) in [5, 5.41) is 12.6. The molecular formula is C16H15ClN2O. The van der Waals surface area contributed by atoms with E-state index in [9.17, 15) is 0 Å². The zero-order valence-electron chi connectivity index (χ0n) is 11.2. The van der Waals surface area contributed by atoms with Gasteiger partial charge in [-0.25, -0.2) is 0 Å². The van der Waals surface area contributed by atoms with E-state index < -0.39 is 0 Å². The Balaban J connectivity index is 2.07. The van der Waals surface area contributed by atoms with Gasteiger partial charge in [-0.15, -0.1) is 0 Å². The minimum atomic E-state index is 0.429. The monoisotopic (exact) mass is 286 g/mol. The van der Waals surface area contributed by atoms with Gasteiger partial charge < -0.3 is 10.1 Å². The molecule has 0 fully saturated rings. The van der Waals surface area contributed by atoms with Gasteiger partial charge in [0, 0.05) is 22.8 Å². The largest absolute Gasteiger partial charge is 0.496 e. The van der Waals surface area contributed by atoms with Crippen LogP contribution in [-0.2, 0) is 13.0 Å². The van der Waals surface area contributed by atoms with Gasteiger partial charge in [0.25, 0.3) is 0 Å². The van der Waals surface area contributed by atoms with E-state index in [1.165, 1.54) is 0 Å². The van der Waals surface area contributed by atoms with Gasteiger partial charge in [0.2, 0.25) is 0 Å². The first-order chi connectivity index (χ1) is 9.74. The molecule has 2 rings (SSSR count). The lowest BCUT2D eigenvalue weighted by Crippen LogP contribution is -2.02. The van der Waals surface area contributed by atoms with Crippen LogP contribution >= 0.6 is 11.6 Å². The average molecular weight is 287 g/mol. The molecule has 0 spiro atoms. The molecular weight excluding hydrogens is 272 g/mol. The number of benzene rings is 2. The molecule has 0 aliphatic carbocycles. The van der Waals surface area contributed by atoms with E-state index in [0.29, 0.717) is 18.0 Å². The predicted octanol–water partition coefficient (Wildman–Crippen LogP) is 4.03.